The van der Waals surface area contributed by atoms with Crippen LogP contribution < -0.4 is 10.1 Å². The van der Waals surface area contributed by atoms with Crippen molar-refractivity contribution in [3.8, 4) is 5.75 Å². The summed E-state index contributed by atoms with van der Waals surface area (Å²) in [7, 11) is 1.52. The summed E-state index contributed by atoms with van der Waals surface area (Å²) in [6, 6.07) is 5.99. The molecule has 1 saturated carbocycles. The lowest BCUT2D eigenvalue weighted by atomic mass is 9.88. The Hall–Kier alpha value is -1.09. The molecule has 1 N–H and O–H groups in total. The summed E-state index contributed by atoms with van der Waals surface area (Å²) in [5.41, 5.74) is 0.791. The molecule has 2 rings (SSSR count). The molecule has 1 aromatic rings. The fraction of sp³-hybridized carbons (Fsp3) is 0.647. The van der Waals surface area contributed by atoms with Gasteiger partial charge < -0.3 is 10.1 Å². The van der Waals surface area contributed by atoms with Gasteiger partial charge in [-0.2, -0.15) is 0 Å². The Kier molecular flexibility index (Phi) is 5.84. The molecule has 1 aromatic carbocycles. The van der Waals surface area contributed by atoms with Crippen LogP contribution in [0.2, 0.25) is 0 Å². The van der Waals surface area contributed by atoms with E-state index < -0.39 is 0 Å². The molecule has 1 aliphatic carbocycles. The molecule has 20 heavy (non-hydrogen) atoms. The van der Waals surface area contributed by atoms with Crippen molar-refractivity contribution in [2.45, 2.75) is 51.5 Å². The molecule has 2 atom stereocenters. The van der Waals surface area contributed by atoms with Gasteiger partial charge in [0.25, 0.3) is 0 Å². The van der Waals surface area contributed by atoms with E-state index in [1.165, 1.54) is 39.2 Å². The van der Waals surface area contributed by atoms with Crippen LogP contribution in [0.3, 0.4) is 0 Å². The predicted molar refractivity (Wildman–Crippen MR) is 80.7 cm³/mol. The molecular formula is C17H26FNO. The van der Waals surface area contributed by atoms with Crippen LogP contribution in [0, 0.1) is 11.7 Å². The van der Waals surface area contributed by atoms with E-state index in [1.54, 1.807) is 6.07 Å². The van der Waals surface area contributed by atoms with Crippen molar-refractivity contribution in [1.82, 2.24) is 5.32 Å². The highest BCUT2D eigenvalue weighted by Gasteiger charge is 2.24. The van der Waals surface area contributed by atoms with Crippen molar-refractivity contribution in [1.29, 1.82) is 0 Å². The quantitative estimate of drug-likeness (QED) is 0.824. The van der Waals surface area contributed by atoms with Gasteiger partial charge in [-0.1, -0.05) is 38.3 Å². The van der Waals surface area contributed by atoms with E-state index in [0.29, 0.717) is 17.7 Å². The van der Waals surface area contributed by atoms with Crippen molar-refractivity contribution >= 4 is 0 Å². The maximum Gasteiger partial charge on any atom is 0.168 e. The first kappa shape index (κ1) is 15.3. The summed E-state index contributed by atoms with van der Waals surface area (Å²) in [5.74, 6) is 0.699. The van der Waals surface area contributed by atoms with Crippen LogP contribution in [-0.4, -0.2) is 19.7 Å². The Labute approximate surface area is 121 Å². The van der Waals surface area contributed by atoms with Gasteiger partial charge in [-0.3, -0.25) is 0 Å². The van der Waals surface area contributed by atoms with Crippen molar-refractivity contribution in [2.24, 2.45) is 5.92 Å². The molecule has 0 heterocycles. The Morgan fingerprint density at radius 3 is 2.80 bits per heavy atom. The van der Waals surface area contributed by atoms with E-state index in [1.807, 2.05) is 12.1 Å². The zero-order valence-corrected chi connectivity index (χ0v) is 12.6. The van der Waals surface area contributed by atoms with Gasteiger partial charge in [-0.05, 0) is 43.4 Å². The maximum atomic E-state index is 14.3. The normalized spacial score (nSPS) is 23.4. The smallest absolute Gasteiger partial charge is 0.168 e. The SMILES string of the molecule is CCNC1CCCCCC1Cc1cccc(OC)c1F. The summed E-state index contributed by atoms with van der Waals surface area (Å²) in [4.78, 5) is 0. The second-order valence-electron chi connectivity index (χ2n) is 5.70. The minimum absolute atomic E-state index is 0.186. The van der Waals surface area contributed by atoms with E-state index in [0.717, 1.165) is 18.5 Å². The van der Waals surface area contributed by atoms with Gasteiger partial charge in [0.05, 0.1) is 7.11 Å². The largest absolute Gasteiger partial charge is 0.494 e. The highest BCUT2D eigenvalue weighted by molar-refractivity contribution is 5.31. The van der Waals surface area contributed by atoms with Crippen LogP contribution in [0.15, 0.2) is 18.2 Å². The summed E-state index contributed by atoms with van der Waals surface area (Å²) in [5, 5.41) is 3.59. The number of benzene rings is 1. The first-order valence-corrected chi connectivity index (χ1v) is 7.81. The number of hydrogen-bond acceptors (Lipinski definition) is 2. The zero-order valence-electron chi connectivity index (χ0n) is 12.6. The lowest BCUT2D eigenvalue weighted by Gasteiger charge is -2.26. The Morgan fingerprint density at radius 1 is 1.25 bits per heavy atom. The van der Waals surface area contributed by atoms with Crippen molar-refractivity contribution in [3.05, 3.63) is 29.6 Å². The summed E-state index contributed by atoms with van der Waals surface area (Å²) < 4.78 is 19.4. The van der Waals surface area contributed by atoms with Gasteiger partial charge in [-0.25, -0.2) is 4.39 Å². The molecule has 112 valence electrons. The van der Waals surface area contributed by atoms with Gasteiger partial charge >= 0.3 is 0 Å². The topological polar surface area (TPSA) is 21.3 Å². The zero-order chi connectivity index (χ0) is 14.4. The minimum atomic E-state index is -0.186. The molecule has 0 saturated heterocycles. The van der Waals surface area contributed by atoms with Crippen LogP contribution in [0.1, 0.15) is 44.6 Å². The van der Waals surface area contributed by atoms with Gasteiger partial charge in [0.15, 0.2) is 11.6 Å². The van der Waals surface area contributed by atoms with Gasteiger partial charge in [0.1, 0.15) is 0 Å². The minimum Gasteiger partial charge on any atom is -0.494 e. The molecule has 1 fully saturated rings. The van der Waals surface area contributed by atoms with Gasteiger partial charge in [-0.15, -0.1) is 0 Å². The average molecular weight is 279 g/mol. The third-order valence-electron chi connectivity index (χ3n) is 4.37. The number of halogens is 1. The fourth-order valence-corrected chi connectivity index (χ4v) is 3.31. The lowest BCUT2D eigenvalue weighted by Crippen LogP contribution is -2.36. The van der Waals surface area contributed by atoms with Crippen molar-refractivity contribution in [2.75, 3.05) is 13.7 Å². The van der Waals surface area contributed by atoms with Crippen molar-refractivity contribution < 1.29 is 9.13 Å². The molecule has 2 nitrogen and oxygen atoms in total. The molecule has 0 bridgehead atoms. The van der Waals surface area contributed by atoms with Gasteiger partial charge in [0, 0.05) is 6.04 Å². The van der Waals surface area contributed by atoms with Crippen LogP contribution >= 0.6 is 0 Å². The van der Waals surface area contributed by atoms with E-state index in [4.69, 9.17) is 4.74 Å². The van der Waals surface area contributed by atoms with Crippen LogP contribution in [0.4, 0.5) is 4.39 Å². The fourth-order valence-electron chi connectivity index (χ4n) is 3.31. The van der Waals surface area contributed by atoms with Gasteiger partial charge in [0.2, 0.25) is 0 Å². The molecule has 0 aromatic heterocycles. The molecular weight excluding hydrogens is 253 g/mol. The lowest BCUT2D eigenvalue weighted by molar-refractivity contribution is 0.330. The maximum absolute atomic E-state index is 14.3. The molecule has 0 spiro atoms. The number of rotatable bonds is 5. The summed E-state index contributed by atoms with van der Waals surface area (Å²) in [6.07, 6.45) is 7.06. The highest BCUT2D eigenvalue weighted by Crippen LogP contribution is 2.29. The highest BCUT2D eigenvalue weighted by atomic mass is 19.1. The standard InChI is InChI=1S/C17H26FNO/c1-3-19-15-10-6-4-5-8-13(15)12-14-9-7-11-16(20-2)17(14)18/h7,9,11,13,15,19H,3-6,8,10,12H2,1-2H3. The van der Waals surface area contributed by atoms with E-state index >= 15 is 0 Å². The first-order chi connectivity index (χ1) is 9.76. The molecule has 0 amide bonds. The molecule has 2 unspecified atom stereocenters. The van der Waals surface area contributed by atoms with Crippen LogP contribution in [0.5, 0.6) is 5.75 Å². The third-order valence-corrected chi connectivity index (χ3v) is 4.37. The Morgan fingerprint density at radius 2 is 2.05 bits per heavy atom. The molecule has 1 aliphatic rings. The first-order valence-electron chi connectivity index (χ1n) is 7.81. The van der Waals surface area contributed by atoms with Crippen LogP contribution in [-0.2, 0) is 6.42 Å². The average Bonchev–Trinajstić information content (AvgIpc) is 2.67. The number of ether oxygens (including phenoxy) is 1. The van der Waals surface area contributed by atoms with Crippen LogP contribution in [0.25, 0.3) is 0 Å². The monoisotopic (exact) mass is 279 g/mol. The molecule has 0 aliphatic heterocycles. The second kappa shape index (κ2) is 7.63. The second-order valence-corrected chi connectivity index (χ2v) is 5.70. The third kappa shape index (κ3) is 3.72. The molecule has 0 radical (unpaired) electrons. The Bertz CT molecular complexity index is 421. The summed E-state index contributed by atoms with van der Waals surface area (Å²) >= 11 is 0. The number of nitrogens with one attached hydrogen (secondary N) is 1. The van der Waals surface area contributed by atoms with E-state index in [-0.39, 0.29) is 5.82 Å². The number of hydrogen-bond donors (Lipinski definition) is 1. The molecule has 3 heteroatoms. The van der Waals surface area contributed by atoms with Crippen molar-refractivity contribution in [3.63, 3.8) is 0 Å². The Balaban J connectivity index is 2.13. The van der Waals surface area contributed by atoms with E-state index in [2.05, 4.69) is 12.2 Å². The summed E-state index contributed by atoms with van der Waals surface area (Å²) in [6.45, 7) is 3.13. The van der Waals surface area contributed by atoms with E-state index in [9.17, 15) is 4.39 Å². The number of methoxy groups -OCH3 is 1. The predicted octanol–water partition coefficient (Wildman–Crippen LogP) is 3.94.